The van der Waals surface area contributed by atoms with Crippen molar-refractivity contribution in [3.63, 3.8) is 0 Å². The molecule has 1 heterocycles. The van der Waals surface area contributed by atoms with Gasteiger partial charge in [-0.2, -0.15) is 0 Å². The van der Waals surface area contributed by atoms with Gasteiger partial charge in [0.25, 0.3) is 0 Å². The lowest BCUT2D eigenvalue weighted by atomic mass is 9.98. The van der Waals surface area contributed by atoms with Gasteiger partial charge in [0.2, 0.25) is 5.91 Å². The third kappa shape index (κ3) is 5.30. The van der Waals surface area contributed by atoms with Gasteiger partial charge in [0.15, 0.2) is 11.5 Å². The van der Waals surface area contributed by atoms with Crippen molar-refractivity contribution >= 4 is 5.91 Å². The number of hydrogen-bond donors (Lipinski definition) is 1. The lowest BCUT2D eigenvalue weighted by Crippen LogP contribution is -2.36. The zero-order valence-electron chi connectivity index (χ0n) is 18.0. The van der Waals surface area contributed by atoms with Crippen LogP contribution in [0.25, 0.3) is 0 Å². The molecule has 0 fully saturated rings. The van der Waals surface area contributed by atoms with Crippen molar-refractivity contribution in [3.05, 3.63) is 58.1 Å². The Balaban J connectivity index is 1.46. The van der Waals surface area contributed by atoms with Gasteiger partial charge in [0, 0.05) is 26.1 Å². The van der Waals surface area contributed by atoms with E-state index in [0.717, 1.165) is 49.5 Å². The first-order chi connectivity index (χ1) is 14.0. The average molecular weight is 397 g/mol. The molecule has 0 saturated carbocycles. The normalized spacial score (nSPS) is 13.2. The van der Waals surface area contributed by atoms with Crippen molar-refractivity contribution in [2.45, 2.75) is 46.2 Å². The summed E-state index contributed by atoms with van der Waals surface area (Å²) < 4.78 is 10.8. The second-order valence-electron chi connectivity index (χ2n) is 7.75. The van der Waals surface area contributed by atoms with Gasteiger partial charge in [0.05, 0.1) is 14.2 Å². The standard InChI is InChI=1S/C24H32N2O3/c1-17-7-8-20(18(2)12-17)15-25-10-5-6-24(27)26-11-9-19-13-22(28-3)23(29-4)14-21(19)16-26/h7-8,12-14,25H,5-6,9-11,15-16H2,1-4H3. The molecule has 5 nitrogen and oxygen atoms in total. The van der Waals surface area contributed by atoms with Crippen LogP contribution in [0.5, 0.6) is 11.5 Å². The number of hydrogen-bond acceptors (Lipinski definition) is 4. The third-order valence-electron chi connectivity index (χ3n) is 5.63. The second kappa shape index (κ2) is 9.79. The molecule has 0 aromatic heterocycles. The Bertz CT molecular complexity index is 863. The minimum atomic E-state index is 0.221. The summed E-state index contributed by atoms with van der Waals surface area (Å²) in [5, 5.41) is 3.46. The molecule has 156 valence electrons. The highest BCUT2D eigenvalue weighted by Gasteiger charge is 2.22. The summed E-state index contributed by atoms with van der Waals surface area (Å²) in [5.41, 5.74) is 6.31. The van der Waals surface area contributed by atoms with Crippen LogP contribution in [0.1, 0.15) is 40.7 Å². The molecule has 0 saturated heterocycles. The molecule has 0 spiro atoms. The van der Waals surface area contributed by atoms with Crippen molar-refractivity contribution in [3.8, 4) is 11.5 Å². The van der Waals surface area contributed by atoms with Crippen LogP contribution in [-0.4, -0.2) is 38.1 Å². The molecule has 0 atom stereocenters. The molecular weight excluding hydrogens is 364 g/mol. The highest BCUT2D eigenvalue weighted by molar-refractivity contribution is 5.76. The van der Waals surface area contributed by atoms with Crippen LogP contribution in [0.15, 0.2) is 30.3 Å². The van der Waals surface area contributed by atoms with Crippen LogP contribution in [0.3, 0.4) is 0 Å². The summed E-state index contributed by atoms with van der Waals surface area (Å²) in [5.74, 6) is 1.69. The monoisotopic (exact) mass is 396 g/mol. The molecule has 1 aliphatic heterocycles. The summed E-state index contributed by atoms with van der Waals surface area (Å²) in [6.45, 7) is 7.35. The van der Waals surface area contributed by atoms with Crippen molar-refractivity contribution < 1.29 is 14.3 Å². The van der Waals surface area contributed by atoms with Crippen molar-refractivity contribution in [1.29, 1.82) is 0 Å². The quantitative estimate of drug-likeness (QED) is 0.690. The minimum absolute atomic E-state index is 0.221. The fourth-order valence-electron chi connectivity index (χ4n) is 3.89. The molecule has 2 aromatic rings. The molecule has 29 heavy (non-hydrogen) atoms. The summed E-state index contributed by atoms with van der Waals surface area (Å²) >= 11 is 0. The average Bonchev–Trinajstić information content (AvgIpc) is 2.73. The molecule has 0 aliphatic carbocycles. The van der Waals surface area contributed by atoms with Gasteiger partial charge in [-0.1, -0.05) is 23.8 Å². The summed E-state index contributed by atoms with van der Waals surface area (Å²) in [6.07, 6.45) is 2.27. The van der Waals surface area contributed by atoms with Gasteiger partial charge in [-0.15, -0.1) is 0 Å². The van der Waals surface area contributed by atoms with E-state index in [4.69, 9.17) is 9.47 Å². The molecule has 2 aromatic carbocycles. The molecule has 3 rings (SSSR count). The van der Waals surface area contributed by atoms with E-state index in [1.165, 1.54) is 22.3 Å². The van der Waals surface area contributed by atoms with Gasteiger partial charge >= 0.3 is 0 Å². The zero-order valence-corrected chi connectivity index (χ0v) is 18.0. The molecular formula is C24H32N2O3. The van der Waals surface area contributed by atoms with E-state index in [2.05, 4.69) is 37.4 Å². The van der Waals surface area contributed by atoms with Gasteiger partial charge in [0.1, 0.15) is 0 Å². The van der Waals surface area contributed by atoms with Crippen molar-refractivity contribution in [1.82, 2.24) is 10.2 Å². The lowest BCUT2D eigenvalue weighted by molar-refractivity contribution is -0.132. The predicted molar refractivity (Wildman–Crippen MR) is 116 cm³/mol. The van der Waals surface area contributed by atoms with Crippen molar-refractivity contribution in [2.24, 2.45) is 0 Å². The van der Waals surface area contributed by atoms with E-state index in [-0.39, 0.29) is 5.91 Å². The number of amides is 1. The number of rotatable bonds is 8. The molecule has 1 N–H and O–H groups in total. The molecule has 1 aliphatic rings. The van der Waals surface area contributed by atoms with E-state index in [1.807, 2.05) is 17.0 Å². The number of carbonyl (C=O) groups excluding carboxylic acids is 1. The Labute approximate surface area is 174 Å². The Morgan fingerprint density at radius 2 is 1.79 bits per heavy atom. The van der Waals surface area contributed by atoms with Gasteiger partial charge in [-0.05, 0) is 67.6 Å². The third-order valence-corrected chi connectivity index (χ3v) is 5.63. The maximum absolute atomic E-state index is 12.7. The smallest absolute Gasteiger partial charge is 0.222 e. The first kappa shape index (κ1) is 21.2. The number of fused-ring (bicyclic) bond motifs is 1. The zero-order chi connectivity index (χ0) is 20.8. The van der Waals surface area contributed by atoms with Gasteiger partial charge in [-0.25, -0.2) is 0 Å². The number of aryl methyl sites for hydroxylation is 2. The van der Waals surface area contributed by atoms with Crippen LogP contribution in [0, 0.1) is 13.8 Å². The maximum atomic E-state index is 12.7. The topological polar surface area (TPSA) is 50.8 Å². The molecule has 0 unspecified atom stereocenters. The molecule has 1 amide bonds. The van der Waals surface area contributed by atoms with E-state index < -0.39 is 0 Å². The van der Waals surface area contributed by atoms with Crippen LogP contribution in [-0.2, 0) is 24.3 Å². The number of carbonyl (C=O) groups is 1. The van der Waals surface area contributed by atoms with E-state index >= 15 is 0 Å². The summed E-state index contributed by atoms with van der Waals surface area (Å²) in [4.78, 5) is 14.6. The van der Waals surface area contributed by atoms with Crippen molar-refractivity contribution in [2.75, 3.05) is 27.3 Å². The first-order valence-electron chi connectivity index (χ1n) is 10.3. The first-order valence-corrected chi connectivity index (χ1v) is 10.3. The van der Waals surface area contributed by atoms with Crippen LogP contribution < -0.4 is 14.8 Å². The summed E-state index contributed by atoms with van der Waals surface area (Å²) in [7, 11) is 3.29. The molecule has 0 bridgehead atoms. The Morgan fingerprint density at radius 1 is 1.07 bits per heavy atom. The van der Waals surface area contributed by atoms with Crippen LogP contribution in [0.4, 0.5) is 0 Å². The lowest BCUT2D eigenvalue weighted by Gasteiger charge is -2.29. The number of nitrogens with zero attached hydrogens (tertiary/aromatic N) is 1. The number of ether oxygens (including phenoxy) is 2. The fraction of sp³-hybridized carbons (Fsp3) is 0.458. The maximum Gasteiger partial charge on any atom is 0.222 e. The highest BCUT2D eigenvalue weighted by atomic mass is 16.5. The Hall–Kier alpha value is -2.53. The SMILES string of the molecule is COc1cc2c(cc1OC)CN(C(=O)CCCNCc1ccc(C)cc1C)CC2. The minimum Gasteiger partial charge on any atom is -0.493 e. The summed E-state index contributed by atoms with van der Waals surface area (Å²) in [6, 6.07) is 10.6. The Kier molecular flexibility index (Phi) is 7.15. The van der Waals surface area contributed by atoms with Gasteiger partial charge < -0.3 is 19.7 Å². The van der Waals surface area contributed by atoms with Crippen LogP contribution in [0.2, 0.25) is 0 Å². The number of benzene rings is 2. The molecule has 5 heteroatoms. The number of nitrogens with one attached hydrogen (secondary N) is 1. The largest absolute Gasteiger partial charge is 0.493 e. The Morgan fingerprint density at radius 3 is 2.48 bits per heavy atom. The van der Waals surface area contributed by atoms with Gasteiger partial charge in [-0.3, -0.25) is 4.79 Å². The number of methoxy groups -OCH3 is 2. The second-order valence-corrected chi connectivity index (χ2v) is 7.75. The highest BCUT2D eigenvalue weighted by Crippen LogP contribution is 2.33. The van der Waals surface area contributed by atoms with E-state index in [9.17, 15) is 4.79 Å². The van der Waals surface area contributed by atoms with Crippen LogP contribution >= 0.6 is 0 Å². The van der Waals surface area contributed by atoms with E-state index in [0.29, 0.717) is 13.0 Å². The predicted octanol–water partition coefficient (Wildman–Crippen LogP) is 3.78. The van der Waals surface area contributed by atoms with E-state index in [1.54, 1.807) is 14.2 Å². The fourth-order valence-corrected chi connectivity index (χ4v) is 3.89. The molecule has 0 radical (unpaired) electrons.